The van der Waals surface area contributed by atoms with Crippen LogP contribution in [0.5, 0.6) is 0 Å². The summed E-state index contributed by atoms with van der Waals surface area (Å²) in [6.07, 6.45) is 3.96. The van der Waals surface area contributed by atoms with Crippen molar-refractivity contribution in [2.75, 3.05) is 12.3 Å². The van der Waals surface area contributed by atoms with E-state index in [0.29, 0.717) is 18.0 Å². The van der Waals surface area contributed by atoms with Crippen molar-refractivity contribution >= 4 is 11.7 Å². The Morgan fingerprint density at radius 2 is 2.30 bits per heavy atom. The van der Waals surface area contributed by atoms with Gasteiger partial charge in [-0.3, -0.25) is 0 Å². The molecule has 0 saturated carbocycles. The van der Waals surface area contributed by atoms with E-state index in [9.17, 15) is 4.79 Å². The topological polar surface area (TPSA) is 70.1 Å². The van der Waals surface area contributed by atoms with Gasteiger partial charge in [0, 0.05) is 5.69 Å². The highest BCUT2D eigenvalue weighted by Gasteiger charge is 2.18. The first-order valence-corrected chi connectivity index (χ1v) is 6.68. The third kappa shape index (κ3) is 2.99. The van der Waals surface area contributed by atoms with Gasteiger partial charge < -0.3 is 15.0 Å². The molecule has 0 bridgehead atoms. The molecule has 0 aliphatic carbocycles. The fourth-order valence-corrected chi connectivity index (χ4v) is 2.02. The zero-order valence-electron chi connectivity index (χ0n) is 11.7. The maximum Gasteiger partial charge on any atom is 0.356 e. The molecule has 1 heterocycles. The SMILES string of the molecule is CCCOC(=O)c1cncn1[C@H](C)c1cccc(N)c1. The third-order valence-electron chi connectivity index (χ3n) is 3.12. The van der Waals surface area contributed by atoms with E-state index in [4.69, 9.17) is 10.5 Å². The van der Waals surface area contributed by atoms with Gasteiger partial charge in [-0.05, 0) is 31.0 Å². The van der Waals surface area contributed by atoms with Crippen LogP contribution in [0.25, 0.3) is 0 Å². The lowest BCUT2D eigenvalue weighted by molar-refractivity contribution is 0.0491. The summed E-state index contributed by atoms with van der Waals surface area (Å²) in [6, 6.07) is 7.56. The second-order valence-electron chi connectivity index (χ2n) is 4.67. The Bertz CT molecular complexity index is 592. The average molecular weight is 273 g/mol. The van der Waals surface area contributed by atoms with Crippen molar-refractivity contribution in [3.8, 4) is 0 Å². The summed E-state index contributed by atoms with van der Waals surface area (Å²) < 4.78 is 6.96. The van der Waals surface area contributed by atoms with E-state index in [2.05, 4.69) is 4.98 Å². The molecule has 0 radical (unpaired) electrons. The summed E-state index contributed by atoms with van der Waals surface area (Å²) in [5.74, 6) is -0.347. The second-order valence-corrected chi connectivity index (χ2v) is 4.67. The number of imidazole rings is 1. The van der Waals surface area contributed by atoms with E-state index < -0.39 is 0 Å². The number of nitrogens with zero attached hydrogens (tertiary/aromatic N) is 2. The highest BCUT2D eigenvalue weighted by Crippen LogP contribution is 2.21. The van der Waals surface area contributed by atoms with Crippen molar-refractivity contribution in [1.29, 1.82) is 0 Å². The molecule has 5 nitrogen and oxygen atoms in total. The summed E-state index contributed by atoms with van der Waals surface area (Å²) in [5.41, 5.74) is 7.97. The van der Waals surface area contributed by atoms with Crippen molar-refractivity contribution in [3.05, 3.63) is 48.0 Å². The van der Waals surface area contributed by atoms with Gasteiger partial charge >= 0.3 is 5.97 Å². The minimum Gasteiger partial charge on any atom is -0.461 e. The Labute approximate surface area is 118 Å². The van der Waals surface area contributed by atoms with E-state index in [1.54, 1.807) is 10.9 Å². The smallest absolute Gasteiger partial charge is 0.356 e. The fourth-order valence-electron chi connectivity index (χ4n) is 2.02. The van der Waals surface area contributed by atoms with Gasteiger partial charge in [-0.2, -0.15) is 0 Å². The number of ether oxygens (including phenoxy) is 1. The number of anilines is 1. The maximum absolute atomic E-state index is 12.0. The Morgan fingerprint density at radius 1 is 1.50 bits per heavy atom. The molecule has 1 atom stereocenters. The van der Waals surface area contributed by atoms with Crippen LogP contribution < -0.4 is 5.73 Å². The zero-order valence-corrected chi connectivity index (χ0v) is 11.7. The van der Waals surface area contributed by atoms with Crippen LogP contribution in [0.4, 0.5) is 5.69 Å². The lowest BCUT2D eigenvalue weighted by Crippen LogP contribution is -2.16. The van der Waals surface area contributed by atoms with Crippen LogP contribution in [-0.2, 0) is 4.74 Å². The Morgan fingerprint density at radius 3 is 3.00 bits per heavy atom. The Hall–Kier alpha value is -2.30. The Balaban J connectivity index is 2.25. The predicted molar refractivity (Wildman–Crippen MR) is 77.5 cm³/mol. The largest absolute Gasteiger partial charge is 0.461 e. The maximum atomic E-state index is 12.0. The number of aromatic nitrogens is 2. The molecule has 5 heteroatoms. The molecule has 2 aromatic rings. The van der Waals surface area contributed by atoms with Gasteiger partial charge in [-0.25, -0.2) is 9.78 Å². The predicted octanol–water partition coefficient (Wildman–Crippen LogP) is 2.64. The molecule has 2 rings (SSSR count). The van der Waals surface area contributed by atoms with Crippen LogP contribution in [-0.4, -0.2) is 22.1 Å². The number of nitrogens with two attached hydrogens (primary N) is 1. The molecule has 1 aromatic carbocycles. The van der Waals surface area contributed by atoms with Crippen LogP contribution >= 0.6 is 0 Å². The molecular weight excluding hydrogens is 254 g/mol. The lowest BCUT2D eigenvalue weighted by atomic mass is 10.1. The highest BCUT2D eigenvalue weighted by atomic mass is 16.5. The molecule has 0 aliphatic rings. The number of hydrogen-bond donors (Lipinski definition) is 1. The number of carbonyl (C=O) groups excluding carboxylic acids is 1. The van der Waals surface area contributed by atoms with Crippen molar-refractivity contribution < 1.29 is 9.53 Å². The van der Waals surface area contributed by atoms with E-state index in [0.717, 1.165) is 12.0 Å². The summed E-state index contributed by atoms with van der Waals surface area (Å²) in [6.45, 7) is 4.36. The van der Waals surface area contributed by atoms with E-state index in [-0.39, 0.29) is 12.0 Å². The summed E-state index contributed by atoms with van der Waals surface area (Å²) >= 11 is 0. The second kappa shape index (κ2) is 6.23. The normalized spacial score (nSPS) is 12.1. The van der Waals surface area contributed by atoms with E-state index in [1.807, 2.05) is 38.1 Å². The quantitative estimate of drug-likeness (QED) is 0.671. The van der Waals surface area contributed by atoms with Crippen LogP contribution in [0, 0.1) is 0 Å². The average Bonchev–Trinajstić information content (AvgIpc) is 2.93. The van der Waals surface area contributed by atoms with E-state index >= 15 is 0 Å². The van der Waals surface area contributed by atoms with Crippen LogP contribution in [0.2, 0.25) is 0 Å². The van der Waals surface area contributed by atoms with Crippen molar-refractivity contribution in [2.45, 2.75) is 26.3 Å². The summed E-state index contributed by atoms with van der Waals surface area (Å²) in [5, 5.41) is 0. The molecule has 20 heavy (non-hydrogen) atoms. The molecule has 2 N–H and O–H groups in total. The molecule has 0 unspecified atom stereocenters. The number of nitrogen functional groups attached to an aromatic ring is 1. The third-order valence-corrected chi connectivity index (χ3v) is 3.12. The first kappa shape index (κ1) is 14.1. The monoisotopic (exact) mass is 273 g/mol. The number of rotatable bonds is 5. The summed E-state index contributed by atoms with van der Waals surface area (Å²) in [4.78, 5) is 16.0. The van der Waals surface area contributed by atoms with E-state index in [1.165, 1.54) is 6.20 Å². The number of benzene rings is 1. The van der Waals surface area contributed by atoms with Gasteiger partial charge in [0.25, 0.3) is 0 Å². The van der Waals surface area contributed by atoms with Gasteiger partial charge in [0.05, 0.1) is 25.2 Å². The molecule has 0 amide bonds. The highest BCUT2D eigenvalue weighted by molar-refractivity contribution is 5.87. The van der Waals surface area contributed by atoms with Crippen LogP contribution in [0.1, 0.15) is 42.4 Å². The molecule has 0 aliphatic heterocycles. The molecule has 0 saturated heterocycles. The van der Waals surface area contributed by atoms with Gasteiger partial charge in [-0.1, -0.05) is 19.1 Å². The van der Waals surface area contributed by atoms with Gasteiger partial charge in [0.2, 0.25) is 0 Å². The van der Waals surface area contributed by atoms with Crippen molar-refractivity contribution in [3.63, 3.8) is 0 Å². The summed E-state index contributed by atoms with van der Waals surface area (Å²) in [7, 11) is 0. The van der Waals surface area contributed by atoms with Crippen LogP contribution in [0.15, 0.2) is 36.8 Å². The molecular formula is C15H19N3O2. The minimum absolute atomic E-state index is 0.0369. The van der Waals surface area contributed by atoms with Crippen molar-refractivity contribution in [2.24, 2.45) is 0 Å². The van der Waals surface area contributed by atoms with Crippen LogP contribution in [0.3, 0.4) is 0 Å². The molecule has 1 aromatic heterocycles. The number of esters is 1. The standard InChI is InChI=1S/C15H19N3O2/c1-3-7-20-15(19)14-9-17-10-18(14)11(2)12-5-4-6-13(16)8-12/h4-6,8-11H,3,7,16H2,1-2H3/t11-/m1/s1. The van der Waals surface area contributed by atoms with Gasteiger partial charge in [0.15, 0.2) is 0 Å². The molecule has 0 fully saturated rings. The van der Waals surface area contributed by atoms with Crippen molar-refractivity contribution in [1.82, 2.24) is 9.55 Å². The first-order chi connectivity index (χ1) is 9.63. The zero-order chi connectivity index (χ0) is 14.5. The van der Waals surface area contributed by atoms with Gasteiger partial charge in [0.1, 0.15) is 5.69 Å². The first-order valence-electron chi connectivity index (χ1n) is 6.68. The number of carbonyl (C=O) groups is 1. The Kier molecular flexibility index (Phi) is 4.40. The molecule has 0 spiro atoms. The van der Waals surface area contributed by atoms with Gasteiger partial charge in [-0.15, -0.1) is 0 Å². The fraction of sp³-hybridized carbons (Fsp3) is 0.333. The lowest BCUT2D eigenvalue weighted by Gasteiger charge is -2.16. The minimum atomic E-state index is -0.347. The number of hydrogen-bond acceptors (Lipinski definition) is 4. The molecule has 106 valence electrons.